The molecule has 1 aliphatic rings. The van der Waals surface area contributed by atoms with Crippen molar-refractivity contribution in [1.29, 1.82) is 5.26 Å². The van der Waals surface area contributed by atoms with E-state index >= 15 is 0 Å². The summed E-state index contributed by atoms with van der Waals surface area (Å²) in [6.45, 7) is 7.14. The molecule has 0 saturated carbocycles. The lowest BCUT2D eigenvalue weighted by Gasteiger charge is -2.36. The summed E-state index contributed by atoms with van der Waals surface area (Å²) in [5, 5.41) is 9.10. The highest BCUT2D eigenvalue weighted by Gasteiger charge is 2.22. The summed E-state index contributed by atoms with van der Waals surface area (Å²) in [5.74, 6) is 0. The van der Waals surface area contributed by atoms with Crippen molar-refractivity contribution in [1.82, 2.24) is 9.80 Å². The van der Waals surface area contributed by atoms with Crippen LogP contribution in [-0.2, 0) is 6.54 Å². The molecule has 1 aromatic rings. The normalized spacial score (nSPS) is 19.0. The van der Waals surface area contributed by atoms with E-state index in [-0.39, 0.29) is 6.04 Å². The van der Waals surface area contributed by atoms with Crippen molar-refractivity contribution in [3.63, 3.8) is 0 Å². The molecule has 3 nitrogen and oxygen atoms in total. The molecule has 0 radical (unpaired) electrons. The maximum absolute atomic E-state index is 9.10. The zero-order chi connectivity index (χ0) is 13.7. The van der Waals surface area contributed by atoms with E-state index in [4.69, 9.17) is 5.26 Å². The summed E-state index contributed by atoms with van der Waals surface area (Å²) < 4.78 is 1.18. The van der Waals surface area contributed by atoms with Gasteiger partial charge in [0.15, 0.2) is 0 Å². The van der Waals surface area contributed by atoms with Crippen LogP contribution in [0.25, 0.3) is 0 Å². The monoisotopic (exact) mass is 321 g/mol. The summed E-state index contributed by atoms with van der Waals surface area (Å²) in [5.41, 5.74) is 1.34. The summed E-state index contributed by atoms with van der Waals surface area (Å²) in [7, 11) is 0. The predicted octanol–water partition coefficient (Wildman–Crippen LogP) is 2.87. The van der Waals surface area contributed by atoms with Crippen molar-refractivity contribution in [2.24, 2.45) is 0 Å². The van der Waals surface area contributed by atoms with Gasteiger partial charge in [0.2, 0.25) is 0 Å². The van der Waals surface area contributed by atoms with E-state index in [0.717, 1.165) is 39.1 Å². The van der Waals surface area contributed by atoms with Gasteiger partial charge in [-0.2, -0.15) is 5.26 Å². The van der Waals surface area contributed by atoms with E-state index in [1.807, 2.05) is 6.07 Å². The van der Waals surface area contributed by atoms with Crippen molar-refractivity contribution in [2.75, 3.05) is 26.2 Å². The van der Waals surface area contributed by atoms with Gasteiger partial charge < -0.3 is 0 Å². The third-order valence-electron chi connectivity index (χ3n) is 3.74. The average molecular weight is 322 g/mol. The van der Waals surface area contributed by atoms with Gasteiger partial charge in [-0.3, -0.25) is 9.80 Å². The van der Waals surface area contributed by atoms with Gasteiger partial charge in [-0.25, -0.2) is 0 Å². The molecule has 0 N–H and O–H groups in total. The second kappa shape index (κ2) is 7.04. The minimum Gasteiger partial charge on any atom is -0.297 e. The van der Waals surface area contributed by atoms with Crippen molar-refractivity contribution in [3.8, 4) is 6.07 Å². The molecule has 0 amide bonds. The number of nitriles is 1. The summed E-state index contributed by atoms with van der Waals surface area (Å²) >= 11 is 3.60. The number of piperazine rings is 1. The molecule has 1 saturated heterocycles. The Hall–Kier alpha value is -0.890. The molecule has 1 heterocycles. The van der Waals surface area contributed by atoms with Crippen molar-refractivity contribution in [3.05, 3.63) is 34.3 Å². The first-order chi connectivity index (χ1) is 9.24. The lowest BCUT2D eigenvalue weighted by molar-refractivity contribution is 0.108. The van der Waals surface area contributed by atoms with E-state index < -0.39 is 0 Å². The third-order valence-corrected chi connectivity index (χ3v) is 4.51. The molecule has 1 fully saturated rings. The smallest absolute Gasteiger partial charge is 0.0976 e. The Kier molecular flexibility index (Phi) is 5.38. The number of rotatable bonds is 4. The first kappa shape index (κ1) is 14.5. The molecule has 0 aliphatic carbocycles. The number of benzene rings is 1. The number of hydrogen-bond donors (Lipinski definition) is 0. The zero-order valence-corrected chi connectivity index (χ0v) is 12.9. The standard InChI is InChI=1S/C15H20BrN3/c1-2-14(11-17)19-9-7-18(8-10-19)12-13-5-3-4-6-15(13)16/h3-6,14H,2,7-10,12H2,1H3. The highest BCUT2D eigenvalue weighted by atomic mass is 79.9. The van der Waals surface area contributed by atoms with Crippen molar-refractivity contribution < 1.29 is 0 Å². The van der Waals surface area contributed by atoms with Gasteiger partial charge in [-0.1, -0.05) is 41.1 Å². The highest BCUT2D eigenvalue weighted by molar-refractivity contribution is 9.10. The second-order valence-electron chi connectivity index (χ2n) is 4.96. The van der Waals surface area contributed by atoms with Gasteiger partial charge in [0.1, 0.15) is 0 Å². The Balaban J connectivity index is 1.87. The van der Waals surface area contributed by atoms with Crippen LogP contribution in [0.3, 0.4) is 0 Å². The lowest BCUT2D eigenvalue weighted by Crippen LogP contribution is -2.49. The van der Waals surface area contributed by atoms with E-state index in [2.05, 4.69) is 56.9 Å². The number of halogens is 1. The molecule has 0 aromatic heterocycles. The van der Waals surface area contributed by atoms with E-state index in [9.17, 15) is 0 Å². The van der Waals surface area contributed by atoms with Crippen LogP contribution in [0.4, 0.5) is 0 Å². The Morgan fingerprint density at radius 1 is 1.26 bits per heavy atom. The Morgan fingerprint density at radius 2 is 1.95 bits per heavy atom. The molecule has 2 rings (SSSR count). The first-order valence-electron chi connectivity index (χ1n) is 6.84. The Labute approximate surface area is 123 Å². The van der Waals surface area contributed by atoms with Gasteiger partial charge in [0.05, 0.1) is 12.1 Å². The largest absolute Gasteiger partial charge is 0.297 e. The molecule has 1 atom stereocenters. The molecule has 1 aliphatic heterocycles. The highest BCUT2D eigenvalue weighted by Crippen LogP contribution is 2.19. The van der Waals surface area contributed by atoms with Gasteiger partial charge in [-0.05, 0) is 18.1 Å². The van der Waals surface area contributed by atoms with Crippen LogP contribution in [0.2, 0.25) is 0 Å². The minimum absolute atomic E-state index is 0.0885. The summed E-state index contributed by atoms with van der Waals surface area (Å²) in [6.07, 6.45) is 0.917. The van der Waals surface area contributed by atoms with Gasteiger partial charge in [0.25, 0.3) is 0 Å². The SMILES string of the molecule is CCC(C#N)N1CCN(Cc2ccccc2Br)CC1. The second-order valence-corrected chi connectivity index (χ2v) is 5.81. The molecule has 4 heteroatoms. The minimum atomic E-state index is 0.0885. The van der Waals surface area contributed by atoms with Crippen LogP contribution in [-0.4, -0.2) is 42.0 Å². The molecular weight excluding hydrogens is 302 g/mol. The fourth-order valence-electron chi connectivity index (χ4n) is 2.53. The zero-order valence-electron chi connectivity index (χ0n) is 11.3. The van der Waals surface area contributed by atoms with Crippen LogP contribution < -0.4 is 0 Å². The summed E-state index contributed by atoms with van der Waals surface area (Å²) in [4.78, 5) is 4.76. The average Bonchev–Trinajstić information content (AvgIpc) is 2.44. The quantitative estimate of drug-likeness (QED) is 0.854. The molecular formula is C15H20BrN3. The lowest BCUT2D eigenvalue weighted by atomic mass is 10.1. The maximum Gasteiger partial charge on any atom is 0.0976 e. The van der Waals surface area contributed by atoms with Crippen LogP contribution in [0.1, 0.15) is 18.9 Å². The molecule has 1 unspecified atom stereocenters. The molecule has 102 valence electrons. The molecule has 0 bridgehead atoms. The van der Waals surface area contributed by atoms with Crippen molar-refractivity contribution >= 4 is 15.9 Å². The van der Waals surface area contributed by atoms with Gasteiger partial charge >= 0.3 is 0 Å². The first-order valence-corrected chi connectivity index (χ1v) is 7.63. The Morgan fingerprint density at radius 3 is 2.53 bits per heavy atom. The number of hydrogen-bond acceptors (Lipinski definition) is 3. The third kappa shape index (κ3) is 3.79. The Bertz CT molecular complexity index is 447. The predicted molar refractivity (Wildman–Crippen MR) is 80.7 cm³/mol. The van der Waals surface area contributed by atoms with Gasteiger partial charge in [-0.15, -0.1) is 0 Å². The van der Waals surface area contributed by atoms with Crippen LogP contribution in [0, 0.1) is 11.3 Å². The molecule has 0 spiro atoms. The van der Waals surface area contributed by atoms with Crippen LogP contribution in [0.5, 0.6) is 0 Å². The topological polar surface area (TPSA) is 30.3 Å². The van der Waals surface area contributed by atoms with E-state index in [0.29, 0.717) is 0 Å². The summed E-state index contributed by atoms with van der Waals surface area (Å²) in [6, 6.07) is 10.9. The molecule has 19 heavy (non-hydrogen) atoms. The fraction of sp³-hybridized carbons (Fsp3) is 0.533. The maximum atomic E-state index is 9.10. The van der Waals surface area contributed by atoms with Gasteiger partial charge in [0, 0.05) is 37.2 Å². The van der Waals surface area contributed by atoms with E-state index in [1.165, 1.54) is 10.0 Å². The van der Waals surface area contributed by atoms with Crippen LogP contribution >= 0.6 is 15.9 Å². The van der Waals surface area contributed by atoms with Crippen LogP contribution in [0.15, 0.2) is 28.7 Å². The van der Waals surface area contributed by atoms with Crippen molar-refractivity contribution in [2.45, 2.75) is 25.9 Å². The fourth-order valence-corrected chi connectivity index (χ4v) is 2.94. The molecule has 1 aromatic carbocycles. The van der Waals surface area contributed by atoms with E-state index in [1.54, 1.807) is 0 Å². The number of nitrogens with zero attached hydrogens (tertiary/aromatic N) is 3.